The first-order valence-electron chi connectivity index (χ1n) is 3.81. The number of hydrogen-bond donors (Lipinski definition) is 2. The minimum atomic E-state index is 0.296. The number of fused-ring (bicyclic) bond motifs is 3. The average molecular weight is 192 g/mol. The van der Waals surface area contributed by atoms with E-state index >= 15 is 0 Å². The van der Waals surface area contributed by atoms with Gasteiger partial charge in [-0.15, -0.1) is 5.10 Å². The minimum Gasteiger partial charge on any atom is -0.508 e. The predicted octanol–water partition coefficient (Wildman–Crippen LogP) is 1.07. The number of phenols is 1. The molecule has 0 unspecified atom stereocenters. The number of nitrogens with zero attached hydrogens (tertiary/aromatic N) is 2. The molecule has 2 heterocycles. The van der Waals surface area contributed by atoms with E-state index in [9.17, 15) is 5.11 Å². The molecular weight excluding hydrogens is 186 g/mol. The number of aromatic amines is 1. The quantitative estimate of drug-likeness (QED) is 0.523. The third-order valence-corrected chi connectivity index (χ3v) is 2.99. The number of H-pyrrole nitrogens is 1. The number of aromatic hydroxyl groups is 1. The van der Waals surface area contributed by atoms with Gasteiger partial charge in [-0.25, -0.2) is 0 Å². The summed E-state index contributed by atoms with van der Waals surface area (Å²) < 4.78 is 3.01. The van der Waals surface area contributed by atoms with Gasteiger partial charge in [-0.05, 0) is 12.1 Å². The molecule has 0 atom stereocenters. The molecule has 13 heavy (non-hydrogen) atoms. The highest BCUT2D eigenvalue weighted by Crippen LogP contribution is 2.23. The van der Waals surface area contributed by atoms with Crippen molar-refractivity contribution in [3.8, 4) is 5.75 Å². The molecule has 2 aromatic heterocycles. The number of hydrogen-bond acceptors (Lipinski definition) is 3. The molecule has 0 saturated heterocycles. The van der Waals surface area contributed by atoms with E-state index in [4.69, 9.17) is 0 Å². The van der Waals surface area contributed by atoms with Crippen molar-refractivity contribution >= 4 is 26.5 Å². The van der Waals surface area contributed by atoms with Crippen LogP contribution in [0.3, 0.4) is 0 Å². The molecule has 0 amide bonds. The number of aromatic nitrogens is 3. The molecule has 0 radical (unpaired) electrons. The molecule has 4 nitrogen and oxygen atoms in total. The molecular formula is C8H6N3OS+. The summed E-state index contributed by atoms with van der Waals surface area (Å²) in [6, 6.07) is 5.30. The fraction of sp³-hybridized carbons (Fsp3) is 0. The van der Waals surface area contributed by atoms with Crippen molar-refractivity contribution in [1.82, 2.24) is 10.2 Å². The predicted molar refractivity (Wildman–Crippen MR) is 48.8 cm³/mol. The van der Waals surface area contributed by atoms with Gasteiger partial charge in [0.15, 0.2) is 0 Å². The normalized spacial score (nSPS) is 11.4. The van der Waals surface area contributed by atoms with Gasteiger partial charge in [0.25, 0.3) is 6.33 Å². The molecule has 0 saturated carbocycles. The van der Waals surface area contributed by atoms with Crippen molar-refractivity contribution < 1.29 is 9.51 Å². The number of benzene rings is 1. The molecule has 0 aliphatic heterocycles. The lowest BCUT2D eigenvalue weighted by Crippen LogP contribution is -2.14. The van der Waals surface area contributed by atoms with Crippen LogP contribution >= 0.6 is 11.3 Å². The SMILES string of the molecule is Oc1ccc2c(c1)sc1[nH]nc[n+]12. The lowest BCUT2D eigenvalue weighted by Gasteiger charge is -1.88. The van der Waals surface area contributed by atoms with E-state index in [1.165, 1.54) is 0 Å². The molecule has 0 fully saturated rings. The highest BCUT2D eigenvalue weighted by Gasteiger charge is 2.11. The highest BCUT2D eigenvalue weighted by molar-refractivity contribution is 7.22. The summed E-state index contributed by atoms with van der Waals surface area (Å²) in [5.41, 5.74) is 1.06. The maximum atomic E-state index is 9.26. The van der Waals surface area contributed by atoms with E-state index in [0.717, 1.165) is 15.2 Å². The Morgan fingerprint density at radius 1 is 1.46 bits per heavy atom. The van der Waals surface area contributed by atoms with E-state index < -0.39 is 0 Å². The van der Waals surface area contributed by atoms with Gasteiger partial charge in [0.05, 0.1) is 4.70 Å². The zero-order valence-corrected chi connectivity index (χ0v) is 7.38. The maximum Gasteiger partial charge on any atom is 0.321 e. The topological polar surface area (TPSA) is 53.0 Å². The van der Waals surface area contributed by atoms with Crippen LogP contribution in [0.4, 0.5) is 0 Å². The fourth-order valence-corrected chi connectivity index (χ4v) is 2.38. The summed E-state index contributed by atoms with van der Waals surface area (Å²) in [6.45, 7) is 0. The Morgan fingerprint density at radius 3 is 3.31 bits per heavy atom. The smallest absolute Gasteiger partial charge is 0.321 e. The van der Waals surface area contributed by atoms with Crippen LogP contribution in [-0.4, -0.2) is 15.3 Å². The summed E-state index contributed by atoms with van der Waals surface area (Å²) in [5, 5.41) is 16.1. The van der Waals surface area contributed by atoms with Crippen molar-refractivity contribution in [2.45, 2.75) is 0 Å². The Balaban J connectivity index is 2.59. The van der Waals surface area contributed by atoms with Crippen LogP contribution in [0.1, 0.15) is 0 Å². The van der Waals surface area contributed by atoms with Crippen molar-refractivity contribution in [1.29, 1.82) is 0 Å². The second-order valence-corrected chi connectivity index (χ2v) is 3.82. The lowest BCUT2D eigenvalue weighted by molar-refractivity contribution is -0.477. The molecule has 0 spiro atoms. The summed E-state index contributed by atoms with van der Waals surface area (Å²) in [7, 11) is 0. The van der Waals surface area contributed by atoms with Crippen molar-refractivity contribution in [2.24, 2.45) is 0 Å². The molecule has 0 bridgehead atoms. The Morgan fingerprint density at radius 2 is 2.38 bits per heavy atom. The molecule has 2 N–H and O–H groups in total. The fourth-order valence-electron chi connectivity index (χ4n) is 1.38. The summed E-state index contributed by atoms with van der Waals surface area (Å²) in [4.78, 5) is 0.973. The van der Waals surface area contributed by atoms with Crippen LogP contribution in [-0.2, 0) is 0 Å². The number of thiazole rings is 1. The van der Waals surface area contributed by atoms with Crippen molar-refractivity contribution in [2.75, 3.05) is 0 Å². The third kappa shape index (κ3) is 0.844. The van der Waals surface area contributed by atoms with Crippen LogP contribution in [0.25, 0.3) is 15.2 Å². The largest absolute Gasteiger partial charge is 0.508 e. The molecule has 1 aromatic carbocycles. The molecule has 3 aromatic rings. The zero-order valence-electron chi connectivity index (χ0n) is 6.56. The summed E-state index contributed by atoms with van der Waals surface area (Å²) in [5.74, 6) is 0.296. The van der Waals surface area contributed by atoms with Gasteiger partial charge in [-0.2, -0.15) is 4.40 Å². The van der Waals surface area contributed by atoms with E-state index in [0.29, 0.717) is 5.75 Å². The first-order chi connectivity index (χ1) is 6.34. The van der Waals surface area contributed by atoms with Gasteiger partial charge in [0.2, 0.25) is 0 Å². The van der Waals surface area contributed by atoms with Crippen LogP contribution in [0.15, 0.2) is 24.5 Å². The van der Waals surface area contributed by atoms with Crippen molar-refractivity contribution in [3.05, 3.63) is 24.5 Å². The van der Waals surface area contributed by atoms with Gasteiger partial charge in [0, 0.05) is 11.2 Å². The second kappa shape index (κ2) is 2.20. The molecule has 0 aliphatic carbocycles. The molecule has 5 heteroatoms. The van der Waals surface area contributed by atoms with E-state index in [2.05, 4.69) is 10.2 Å². The van der Waals surface area contributed by atoms with Gasteiger partial charge in [0.1, 0.15) is 11.3 Å². The molecule has 0 aliphatic rings. The van der Waals surface area contributed by atoms with Gasteiger partial charge >= 0.3 is 4.96 Å². The Kier molecular flexibility index (Phi) is 1.16. The van der Waals surface area contributed by atoms with Gasteiger partial charge in [-0.3, -0.25) is 0 Å². The monoisotopic (exact) mass is 192 g/mol. The van der Waals surface area contributed by atoms with Crippen LogP contribution in [0.2, 0.25) is 0 Å². The molecule has 3 rings (SSSR count). The summed E-state index contributed by atoms with van der Waals surface area (Å²) in [6.07, 6.45) is 1.73. The van der Waals surface area contributed by atoms with Gasteiger partial charge in [-0.1, -0.05) is 11.3 Å². The number of nitrogens with one attached hydrogen (secondary N) is 1. The first-order valence-corrected chi connectivity index (χ1v) is 4.62. The minimum absolute atomic E-state index is 0.296. The number of phenolic OH excluding ortho intramolecular Hbond substituents is 1. The second-order valence-electron chi connectivity index (χ2n) is 2.79. The maximum absolute atomic E-state index is 9.26. The first kappa shape index (κ1) is 6.85. The van der Waals surface area contributed by atoms with Crippen LogP contribution in [0.5, 0.6) is 5.75 Å². The van der Waals surface area contributed by atoms with Gasteiger partial charge < -0.3 is 5.11 Å². The Bertz CT molecular complexity index is 583. The Hall–Kier alpha value is -1.62. The van der Waals surface area contributed by atoms with E-state index in [1.54, 1.807) is 29.8 Å². The zero-order chi connectivity index (χ0) is 8.84. The highest BCUT2D eigenvalue weighted by atomic mass is 32.1. The lowest BCUT2D eigenvalue weighted by atomic mass is 10.3. The number of rotatable bonds is 0. The standard InChI is InChI=1S/C8H5N3OS/c12-5-1-2-6-7(3-5)13-8-10-9-4-11(6)8/h1-4,12H/p+1. The van der Waals surface area contributed by atoms with Crippen LogP contribution < -0.4 is 4.40 Å². The average Bonchev–Trinajstić information content (AvgIpc) is 2.62. The molecule has 64 valence electrons. The van der Waals surface area contributed by atoms with E-state index in [1.807, 2.05) is 10.5 Å². The van der Waals surface area contributed by atoms with Crippen LogP contribution in [0, 0.1) is 0 Å². The van der Waals surface area contributed by atoms with E-state index in [-0.39, 0.29) is 0 Å². The third-order valence-electron chi connectivity index (χ3n) is 1.96. The Labute approximate surface area is 77.1 Å². The van der Waals surface area contributed by atoms with Crippen molar-refractivity contribution in [3.63, 3.8) is 0 Å². The summed E-state index contributed by atoms with van der Waals surface area (Å²) >= 11 is 1.57.